The Morgan fingerprint density at radius 1 is 1.35 bits per heavy atom. The van der Waals surface area contributed by atoms with Gasteiger partial charge in [0.25, 0.3) is 5.09 Å². The van der Waals surface area contributed by atoms with Crippen molar-refractivity contribution in [1.29, 1.82) is 0 Å². The summed E-state index contributed by atoms with van der Waals surface area (Å²) in [6, 6.07) is -1.11. The number of nitrogens with zero attached hydrogens (tertiary/aromatic N) is 1. The Hall–Kier alpha value is -1.88. The molecule has 0 bridgehead atoms. The zero-order chi connectivity index (χ0) is 15.5. The van der Waals surface area contributed by atoms with Crippen LogP contribution in [0.5, 0.6) is 0 Å². The van der Waals surface area contributed by atoms with Crippen LogP contribution in [0, 0.1) is 10.1 Å². The van der Waals surface area contributed by atoms with Gasteiger partial charge in [-0.25, -0.2) is 4.79 Å². The predicted molar refractivity (Wildman–Crippen MR) is 66.5 cm³/mol. The number of Topliss-reactive ketones (excluding diaryl/α,β-unsaturated/α-hetero) is 1. The Kier molecular flexibility index (Phi) is 9.04. The lowest BCUT2D eigenvalue weighted by Crippen LogP contribution is -2.33. The van der Waals surface area contributed by atoms with Gasteiger partial charge in [-0.2, -0.15) is 11.8 Å². The molecule has 1 atom stereocenters. The van der Waals surface area contributed by atoms with Crippen LogP contribution in [0.3, 0.4) is 0 Å². The largest absolute Gasteiger partial charge is 0.480 e. The Morgan fingerprint density at radius 3 is 2.55 bits per heavy atom. The summed E-state index contributed by atoms with van der Waals surface area (Å²) >= 11 is 0.904. The van der Waals surface area contributed by atoms with E-state index in [0.29, 0.717) is 0 Å². The number of ketones is 1. The van der Waals surface area contributed by atoms with E-state index in [-0.39, 0.29) is 31.1 Å². The second-order valence-electron chi connectivity index (χ2n) is 3.43. The number of rotatable bonds is 11. The normalized spacial score (nSPS) is 11.4. The SMILES string of the molecule is N[C@@H](CSCC(=O)C(=O)OCCCO[N+](=O)[O-])C(=O)O. The molecule has 0 amide bonds. The van der Waals surface area contributed by atoms with Crippen molar-refractivity contribution in [3.05, 3.63) is 10.1 Å². The van der Waals surface area contributed by atoms with E-state index in [1.807, 2.05) is 0 Å². The minimum absolute atomic E-state index is 0.00890. The van der Waals surface area contributed by atoms with Gasteiger partial charge in [0, 0.05) is 12.2 Å². The number of nitrogens with two attached hydrogens (primary N) is 1. The molecule has 0 aromatic heterocycles. The molecule has 0 aliphatic heterocycles. The molecule has 0 rings (SSSR count). The number of aliphatic carboxylic acids is 1. The topological polar surface area (TPSA) is 159 Å². The third-order valence-electron chi connectivity index (χ3n) is 1.79. The fraction of sp³-hybridized carbons (Fsp3) is 0.667. The monoisotopic (exact) mass is 310 g/mol. The highest BCUT2D eigenvalue weighted by atomic mass is 32.2. The average molecular weight is 310 g/mol. The first-order valence-electron chi connectivity index (χ1n) is 5.38. The highest BCUT2D eigenvalue weighted by molar-refractivity contribution is 8.00. The molecule has 11 heteroatoms. The van der Waals surface area contributed by atoms with E-state index in [0.717, 1.165) is 11.8 Å². The number of carboxylic acids is 1. The minimum Gasteiger partial charge on any atom is -0.480 e. The van der Waals surface area contributed by atoms with Crippen LogP contribution >= 0.6 is 11.8 Å². The number of carboxylic acid groups (broad SMARTS) is 1. The van der Waals surface area contributed by atoms with E-state index in [9.17, 15) is 24.5 Å². The maximum atomic E-state index is 11.2. The minimum atomic E-state index is -1.20. The number of esters is 1. The smallest absolute Gasteiger partial charge is 0.375 e. The van der Waals surface area contributed by atoms with E-state index in [1.54, 1.807) is 0 Å². The summed E-state index contributed by atoms with van der Waals surface area (Å²) in [5.41, 5.74) is 5.20. The van der Waals surface area contributed by atoms with E-state index < -0.39 is 28.9 Å². The highest BCUT2D eigenvalue weighted by Gasteiger charge is 2.17. The zero-order valence-corrected chi connectivity index (χ0v) is 11.2. The van der Waals surface area contributed by atoms with Crippen molar-refractivity contribution in [1.82, 2.24) is 0 Å². The van der Waals surface area contributed by atoms with Gasteiger partial charge >= 0.3 is 11.9 Å². The van der Waals surface area contributed by atoms with Crippen molar-refractivity contribution in [3.63, 3.8) is 0 Å². The van der Waals surface area contributed by atoms with E-state index in [4.69, 9.17) is 10.8 Å². The number of thioether (sulfide) groups is 1. The molecule has 0 heterocycles. The number of hydrogen-bond acceptors (Lipinski definition) is 9. The van der Waals surface area contributed by atoms with Gasteiger partial charge in [0.05, 0.1) is 19.0 Å². The van der Waals surface area contributed by atoms with Crippen molar-refractivity contribution in [2.45, 2.75) is 12.5 Å². The number of carbonyl (C=O) groups is 3. The van der Waals surface area contributed by atoms with Gasteiger partial charge in [-0.05, 0) is 0 Å². The van der Waals surface area contributed by atoms with Gasteiger partial charge in [0.2, 0.25) is 5.78 Å². The average Bonchev–Trinajstić information content (AvgIpc) is 2.37. The number of carbonyl (C=O) groups excluding carboxylic acids is 2. The second-order valence-corrected chi connectivity index (χ2v) is 4.46. The van der Waals surface area contributed by atoms with Crippen molar-refractivity contribution in [3.8, 4) is 0 Å². The van der Waals surface area contributed by atoms with E-state index in [2.05, 4.69) is 9.57 Å². The molecule has 0 saturated heterocycles. The maximum Gasteiger partial charge on any atom is 0.375 e. The summed E-state index contributed by atoms with van der Waals surface area (Å²) in [5.74, 6) is -3.36. The summed E-state index contributed by atoms with van der Waals surface area (Å²) in [7, 11) is 0. The zero-order valence-electron chi connectivity index (χ0n) is 10.4. The van der Waals surface area contributed by atoms with Crippen molar-refractivity contribution < 1.29 is 34.2 Å². The Labute approximate surface area is 117 Å². The predicted octanol–water partition coefficient (Wildman–Crippen LogP) is -1.16. The molecule has 0 fully saturated rings. The Balaban J connectivity index is 3.69. The van der Waals surface area contributed by atoms with Gasteiger partial charge in [-0.1, -0.05) is 0 Å². The standard InChI is InChI=1S/C9H14N2O8S/c10-6(8(13)14)4-20-5-7(12)9(15)18-2-1-3-19-11(16)17/h6H,1-5,10H2,(H,13,14)/t6-/m0/s1. The molecule has 0 saturated carbocycles. The van der Waals surface area contributed by atoms with Crippen LogP contribution in [0.4, 0.5) is 0 Å². The molecule has 10 nitrogen and oxygen atoms in total. The Morgan fingerprint density at radius 2 is 2.00 bits per heavy atom. The van der Waals surface area contributed by atoms with Crippen LogP contribution in [-0.2, 0) is 24.0 Å². The van der Waals surface area contributed by atoms with Crippen LogP contribution in [0.1, 0.15) is 6.42 Å². The lowest BCUT2D eigenvalue weighted by molar-refractivity contribution is -0.757. The molecular formula is C9H14N2O8S. The van der Waals surface area contributed by atoms with Gasteiger partial charge < -0.3 is 20.4 Å². The fourth-order valence-corrected chi connectivity index (χ4v) is 1.67. The summed E-state index contributed by atoms with van der Waals surface area (Å²) < 4.78 is 4.54. The van der Waals surface area contributed by atoms with Crippen molar-refractivity contribution in [2.75, 3.05) is 24.7 Å². The third kappa shape index (κ3) is 9.10. The van der Waals surface area contributed by atoms with E-state index >= 15 is 0 Å². The summed E-state index contributed by atoms with van der Waals surface area (Å²) in [6.45, 7) is -0.422. The lowest BCUT2D eigenvalue weighted by Gasteiger charge is -2.05. The van der Waals surface area contributed by atoms with Crippen LogP contribution in [-0.4, -0.2) is 58.7 Å². The van der Waals surface area contributed by atoms with Crippen LogP contribution < -0.4 is 5.73 Å². The third-order valence-corrected chi connectivity index (χ3v) is 2.86. The first kappa shape index (κ1) is 18.1. The van der Waals surface area contributed by atoms with Gasteiger partial charge in [0.15, 0.2) is 0 Å². The molecule has 3 N–H and O–H groups in total. The van der Waals surface area contributed by atoms with Crippen molar-refractivity contribution in [2.24, 2.45) is 5.73 Å². The van der Waals surface area contributed by atoms with Crippen LogP contribution in [0.2, 0.25) is 0 Å². The second kappa shape index (κ2) is 9.97. The highest BCUT2D eigenvalue weighted by Crippen LogP contribution is 2.03. The van der Waals surface area contributed by atoms with Crippen LogP contribution in [0.15, 0.2) is 0 Å². The number of hydrogen-bond donors (Lipinski definition) is 2. The fourth-order valence-electron chi connectivity index (χ4n) is 0.852. The molecule has 0 aromatic carbocycles. The molecule has 0 aliphatic carbocycles. The van der Waals surface area contributed by atoms with Crippen LogP contribution in [0.25, 0.3) is 0 Å². The lowest BCUT2D eigenvalue weighted by atomic mass is 10.4. The Bertz CT molecular complexity index is 375. The number of ether oxygens (including phenoxy) is 1. The molecule has 20 heavy (non-hydrogen) atoms. The molecule has 114 valence electrons. The van der Waals surface area contributed by atoms with Gasteiger partial charge in [-0.3, -0.25) is 9.59 Å². The molecule has 0 aliphatic rings. The molecule has 0 radical (unpaired) electrons. The van der Waals surface area contributed by atoms with Gasteiger partial charge in [0.1, 0.15) is 6.04 Å². The molecule has 0 aromatic rings. The first-order chi connectivity index (χ1) is 9.34. The first-order valence-corrected chi connectivity index (χ1v) is 6.53. The molecule has 0 unspecified atom stereocenters. The van der Waals surface area contributed by atoms with E-state index in [1.165, 1.54) is 0 Å². The molecule has 0 spiro atoms. The van der Waals surface area contributed by atoms with Gasteiger partial charge in [-0.15, -0.1) is 10.1 Å². The van der Waals surface area contributed by atoms with Crippen molar-refractivity contribution >= 4 is 29.5 Å². The molecular weight excluding hydrogens is 296 g/mol. The maximum absolute atomic E-state index is 11.2. The quantitative estimate of drug-likeness (QED) is 0.157. The summed E-state index contributed by atoms with van der Waals surface area (Å²) in [6.07, 6.45) is 0.0804. The summed E-state index contributed by atoms with van der Waals surface area (Å²) in [5, 5.41) is 17.3. The summed E-state index contributed by atoms with van der Waals surface area (Å²) in [4.78, 5) is 46.5.